The van der Waals surface area contributed by atoms with Gasteiger partial charge in [0.2, 0.25) is 0 Å². The second kappa shape index (κ2) is 4.97. The molecule has 1 aromatic heterocycles. The molecule has 0 unspecified atom stereocenters. The lowest BCUT2D eigenvalue weighted by Crippen LogP contribution is -2.29. The molecule has 4 heteroatoms. The van der Waals surface area contributed by atoms with Gasteiger partial charge in [0.15, 0.2) is 5.89 Å². The van der Waals surface area contributed by atoms with E-state index >= 15 is 0 Å². The van der Waals surface area contributed by atoms with E-state index in [4.69, 9.17) is 9.52 Å². The van der Waals surface area contributed by atoms with Gasteiger partial charge in [0.1, 0.15) is 5.76 Å². The van der Waals surface area contributed by atoms with E-state index in [9.17, 15) is 0 Å². The van der Waals surface area contributed by atoms with Crippen LogP contribution in [-0.2, 0) is 6.42 Å². The number of nitrogens with zero attached hydrogens (tertiary/aromatic N) is 2. The molecule has 0 atom stereocenters. The number of hydrogen-bond acceptors (Lipinski definition) is 4. The minimum atomic E-state index is 0.104. The highest BCUT2D eigenvalue weighted by molar-refractivity contribution is 5.15. The fraction of sp³-hybridized carbons (Fsp3) is 0.750. The molecule has 1 aliphatic heterocycles. The van der Waals surface area contributed by atoms with Gasteiger partial charge in [-0.2, -0.15) is 0 Å². The van der Waals surface area contributed by atoms with Crippen molar-refractivity contribution in [2.75, 3.05) is 26.7 Å². The smallest absolute Gasteiger partial charge is 0.196 e. The van der Waals surface area contributed by atoms with Crippen molar-refractivity contribution in [3.05, 3.63) is 17.3 Å². The Hall–Kier alpha value is -0.870. The molecule has 0 aromatic carbocycles. The Bertz CT molecular complexity index is 341. The minimum absolute atomic E-state index is 0.104. The first-order valence-electron chi connectivity index (χ1n) is 5.96. The van der Waals surface area contributed by atoms with Crippen molar-refractivity contribution < 1.29 is 9.52 Å². The van der Waals surface area contributed by atoms with Gasteiger partial charge in [-0.1, -0.05) is 0 Å². The lowest BCUT2D eigenvalue weighted by molar-refractivity contribution is 0.252. The van der Waals surface area contributed by atoms with Crippen LogP contribution in [0.15, 0.2) is 4.42 Å². The van der Waals surface area contributed by atoms with Crippen LogP contribution in [-0.4, -0.2) is 41.7 Å². The second-order valence-electron chi connectivity index (χ2n) is 4.60. The molecule has 1 aliphatic rings. The largest absolute Gasteiger partial charge is 0.446 e. The van der Waals surface area contributed by atoms with E-state index in [2.05, 4.69) is 16.9 Å². The molecule has 1 fully saturated rings. The third-order valence-electron chi connectivity index (χ3n) is 3.31. The fourth-order valence-corrected chi connectivity index (χ4v) is 2.33. The highest BCUT2D eigenvalue weighted by Gasteiger charge is 2.23. The topological polar surface area (TPSA) is 49.5 Å². The molecule has 2 rings (SSSR count). The van der Waals surface area contributed by atoms with Gasteiger partial charge in [-0.15, -0.1) is 0 Å². The Kier molecular flexibility index (Phi) is 3.61. The van der Waals surface area contributed by atoms with Crippen molar-refractivity contribution in [3.8, 4) is 0 Å². The van der Waals surface area contributed by atoms with Crippen LogP contribution in [0.5, 0.6) is 0 Å². The summed E-state index contributed by atoms with van der Waals surface area (Å²) in [6, 6.07) is 0. The van der Waals surface area contributed by atoms with Crippen molar-refractivity contribution in [1.82, 2.24) is 9.88 Å². The van der Waals surface area contributed by atoms with E-state index in [1.807, 2.05) is 6.92 Å². The number of piperidine rings is 1. The van der Waals surface area contributed by atoms with Gasteiger partial charge >= 0.3 is 0 Å². The normalized spacial score (nSPS) is 19.2. The standard InChI is InChI=1S/C12H20N2O2/c1-9-12(13-11(16-9)5-8-15)10-3-6-14(2)7-4-10/h10,15H,3-8H2,1-2H3. The molecule has 1 N–H and O–H groups in total. The summed E-state index contributed by atoms with van der Waals surface area (Å²) < 4.78 is 5.55. The molecule has 4 nitrogen and oxygen atoms in total. The molecular weight excluding hydrogens is 204 g/mol. The maximum Gasteiger partial charge on any atom is 0.196 e. The summed E-state index contributed by atoms with van der Waals surface area (Å²) in [7, 11) is 2.16. The van der Waals surface area contributed by atoms with Gasteiger partial charge in [-0.05, 0) is 39.9 Å². The average Bonchev–Trinajstić information content (AvgIpc) is 2.61. The fourth-order valence-electron chi connectivity index (χ4n) is 2.33. The first-order chi connectivity index (χ1) is 7.70. The van der Waals surface area contributed by atoms with E-state index < -0.39 is 0 Å². The predicted octanol–water partition coefficient (Wildman–Crippen LogP) is 1.33. The summed E-state index contributed by atoms with van der Waals surface area (Å²) >= 11 is 0. The number of rotatable bonds is 3. The second-order valence-corrected chi connectivity index (χ2v) is 4.60. The zero-order valence-electron chi connectivity index (χ0n) is 10.1. The van der Waals surface area contributed by atoms with Crippen molar-refractivity contribution in [1.29, 1.82) is 0 Å². The first kappa shape index (κ1) is 11.6. The Morgan fingerprint density at radius 3 is 2.75 bits per heavy atom. The summed E-state index contributed by atoms with van der Waals surface area (Å²) in [6.45, 7) is 4.34. The third kappa shape index (κ3) is 2.44. The van der Waals surface area contributed by atoms with Gasteiger partial charge in [-0.25, -0.2) is 4.98 Å². The molecule has 0 saturated carbocycles. The number of likely N-dealkylation sites (tertiary alicyclic amines) is 1. The highest BCUT2D eigenvalue weighted by Crippen LogP contribution is 2.29. The Labute approximate surface area is 96.3 Å². The summed E-state index contributed by atoms with van der Waals surface area (Å²) in [5.74, 6) is 2.14. The molecule has 16 heavy (non-hydrogen) atoms. The molecule has 90 valence electrons. The lowest BCUT2D eigenvalue weighted by atomic mass is 9.93. The van der Waals surface area contributed by atoms with Crippen molar-refractivity contribution >= 4 is 0 Å². The minimum Gasteiger partial charge on any atom is -0.446 e. The van der Waals surface area contributed by atoms with Crippen LogP contribution in [0.2, 0.25) is 0 Å². The zero-order valence-corrected chi connectivity index (χ0v) is 10.1. The van der Waals surface area contributed by atoms with Crippen molar-refractivity contribution in [2.24, 2.45) is 0 Å². The number of hydrogen-bond donors (Lipinski definition) is 1. The third-order valence-corrected chi connectivity index (χ3v) is 3.31. The van der Waals surface area contributed by atoms with Crippen LogP contribution in [0.3, 0.4) is 0 Å². The molecule has 0 spiro atoms. The van der Waals surface area contributed by atoms with Crippen LogP contribution >= 0.6 is 0 Å². The van der Waals surface area contributed by atoms with Gasteiger partial charge in [0, 0.05) is 12.3 Å². The summed E-state index contributed by atoms with van der Waals surface area (Å²) in [5.41, 5.74) is 1.11. The molecule has 0 aliphatic carbocycles. The van der Waals surface area contributed by atoms with E-state index in [1.165, 1.54) is 0 Å². The monoisotopic (exact) mass is 224 g/mol. The van der Waals surface area contributed by atoms with Crippen LogP contribution in [0.1, 0.15) is 36.1 Å². The van der Waals surface area contributed by atoms with Crippen LogP contribution in [0.25, 0.3) is 0 Å². The van der Waals surface area contributed by atoms with E-state index in [1.54, 1.807) is 0 Å². The van der Waals surface area contributed by atoms with Crippen molar-refractivity contribution in [2.45, 2.75) is 32.1 Å². The Balaban J connectivity index is 2.08. The molecule has 0 amide bonds. The van der Waals surface area contributed by atoms with Crippen molar-refractivity contribution in [3.63, 3.8) is 0 Å². The highest BCUT2D eigenvalue weighted by atomic mass is 16.4. The van der Waals surface area contributed by atoms with Gasteiger partial charge < -0.3 is 14.4 Å². The molecule has 0 radical (unpaired) electrons. The maximum atomic E-state index is 8.86. The molecular formula is C12H20N2O2. The molecule has 1 saturated heterocycles. The van der Waals surface area contributed by atoms with Crippen LogP contribution in [0.4, 0.5) is 0 Å². The number of aromatic nitrogens is 1. The summed E-state index contributed by atoms with van der Waals surface area (Å²) in [5, 5.41) is 8.86. The van der Waals surface area contributed by atoms with Crippen LogP contribution in [0, 0.1) is 6.92 Å². The number of oxazole rings is 1. The van der Waals surface area contributed by atoms with Gasteiger partial charge in [-0.3, -0.25) is 0 Å². The summed E-state index contributed by atoms with van der Waals surface area (Å²) in [6.07, 6.45) is 2.83. The van der Waals surface area contributed by atoms with Gasteiger partial charge in [0.05, 0.1) is 12.3 Å². The van der Waals surface area contributed by atoms with Gasteiger partial charge in [0.25, 0.3) is 0 Å². The van der Waals surface area contributed by atoms with E-state index in [0.29, 0.717) is 18.2 Å². The maximum absolute atomic E-state index is 8.86. The molecule has 2 heterocycles. The lowest BCUT2D eigenvalue weighted by Gasteiger charge is -2.27. The Morgan fingerprint density at radius 2 is 2.12 bits per heavy atom. The number of aliphatic hydroxyl groups is 1. The average molecular weight is 224 g/mol. The zero-order chi connectivity index (χ0) is 11.5. The number of aryl methyl sites for hydroxylation is 1. The predicted molar refractivity (Wildman–Crippen MR) is 61.5 cm³/mol. The molecule has 1 aromatic rings. The quantitative estimate of drug-likeness (QED) is 0.841. The first-order valence-corrected chi connectivity index (χ1v) is 5.96. The SMILES string of the molecule is Cc1oc(CCO)nc1C1CCN(C)CC1. The molecule has 0 bridgehead atoms. The van der Waals surface area contributed by atoms with E-state index in [0.717, 1.165) is 37.4 Å². The van der Waals surface area contributed by atoms with E-state index in [-0.39, 0.29) is 6.61 Å². The summed E-state index contributed by atoms with van der Waals surface area (Å²) in [4.78, 5) is 6.85. The van der Waals surface area contributed by atoms with Crippen LogP contribution < -0.4 is 0 Å². The Morgan fingerprint density at radius 1 is 1.44 bits per heavy atom. The number of aliphatic hydroxyl groups excluding tert-OH is 1.